The molecule has 0 rings (SSSR count). The predicted octanol–water partition coefficient (Wildman–Crippen LogP) is 2.81. The Morgan fingerprint density at radius 1 is 1.23 bits per heavy atom. The fourth-order valence-corrected chi connectivity index (χ4v) is 0.739. The van der Waals surface area contributed by atoms with Gasteiger partial charge in [0.1, 0.15) is 5.76 Å². The van der Waals surface area contributed by atoms with Crippen molar-refractivity contribution >= 4 is 0 Å². The molecule has 0 aliphatic rings. The molecular weight excluding hydrogens is 162 g/mol. The van der Waals surface area contributed by atoms with Crippen LogP contribution in [-0.2, 0) is 4.74 Å². The van der Waals surface area contributed by atoms with E-state index in [-0.39, 0.29) is 6.04 Å². The zero-order chi connectivity index (χ0) is 10.6. The van der Waals surface area contributed by atoms with Crippen molar-refractivity contribution in [2.75, 3.05) is 0 Å². The molecule has 0 aromatic heterocycles. The van der Waals surface area contributed by atoms with Crippen LogP contribution in [0.2, 0.25) is 0 Å². The van der Waals surface area contributed by atoms with Crippen LogP contribution in [-0.4, -0.2) is 6.04 Å². The highest BCUT2D eigenvalue weighted by Gasteiger charge is 2.13. The molecule has 0 fully saturated rings. The molecule has 0 aromatic rings. The maximum Gasteiger partial charge on any atom is 0.113 e. The molecule has 2 heteroatoms. The highest BCUT2D eigenvalue weighted by atomic mass is 16.5. The summed E-state index contributed by atoms with van der Waals surface area (Å²) in [5, 5.41) is 0. The summed E-state index contributed by atoms with van der Waals surface area (Å²) in [7, 11) is 0. The normalized spacial score (nSPS) is 12.5. The van der Waals surface area contributed by atoms with Gasteiger partial charge in [0, 0.05) is 0 Å². The van der Waals surface area contributed by atoms with E-state index in [2.05, 4.69) is 20.4 Å². The van der Waals surface area contributed by atoms with Gasteiger partial charge in [0.2, 0.25) is 0 Å². The molecule has 1 atom stereocenters. The Morgan fingerprint density at radius 2 is 1.69 bits per heavy atom. The molecule has 0 spiro atoms. The van der Waals surface area contributed by atoms with E-state index in [1.165, 1.54) is 0 Å². The molecule has 0 unspecified atom stereocenters. The lowest BCUT2D eigenvalue weighted by Crippen LogP contribution is -2.29. The maximum atomic E-state index is 5.86. The first-order valence-corrected chi connectivity index (χ1v) is 4.62. The molecule has 0 amide bonds. The van der Waals surface area contributed by atoms with Crippen LogP contribution in [0.5, 0.6) is 0 Å². The third kappa shape index (κ3) is 4.13. The Balaban J connectivity index is 4.25. The average molecular weight is 183 g/mol. The molecule has 0 aromatic carbocycles. The highest BCUT2D eigenvalue weighted by molar-refractivity contribution is 5.06. The molecule has 2 nitrogen and oxygen atoms in total. The van der Waals surface area contributed by atoms with E-state index in [4.69, 9.17) is 10.5 Å². The van der Waals surface area contributed by atoms with Crippen LogP contribution in [0, 0.1) is 5.92 Å². The molecule has 2 N–H and O–H groups in total. The van der Waals surface area contributed by atoms with Crippen molar-refractivity contribution in [3.8, 4) is 0 Å². The maximum absolute atomic E-state index is 5.86. The van der Waals surface area contributed by atoms with Crippen molar-refractivity contribution in [2.45, 2.75) is 40.7 Å². The van der Waals surface area contributed by atoms with E-state index in [0.717, 1.165) is 11.3 Å². The Kier molecular flexibility index (Phi) is 4.78. The van der Waals surface area contributed by atoms with Crippen LogP contribution in [0.1, 0.15) is 34.6 Å². The van der Waals surface area contributed by atoms with Crippen LogP contribution in [0.15, 0.2) is 23.7 Å². The lowest BCUT2D eigenvalue weighted by Gasteiger charge is -2.19. The van der Waals surface area contributed by atoms with E-state index in [9.17, 15) is 0 Å². The molecule has 0 aliphatic carbocycles. The van der Waals surface area contributed by atoms with Crippen LogP contribution < -0.4 is 5.73 Å². The van der Waals surface area contributed by atoms with Crippen LogP contribution in [0.25, 0.3) is 0 Å². The van der Waals surface area contributed by atoms with Gasteiger partial charge in [-0.3, -0.25) is 0 Å². The van der Waals surface area contributed by atoms with Gasteiger partial charge in [-0.15, -0.1) is 0 Å². The second-order valence-corrected chi connectivity index (χ2v) is 3.89. The first kappa shape index (κ1) is 12.2. The van der Waals surface area contributed by atoms with Gasteiger partial charge < -0.3 is 10.5 Å². The van der Waals surface area contributed by atoms with Crippen LogP contribution in [0.3, 0.4) is 0 Å². The molecule has 0 saturated carbocycles. The molecule has 76 valence electrons. The average Bonchev–Trinajstić information content (AvgIpc) is 2.02. The van der Waals surface area contributed by atoms with E-state index < -0.39 is 0 Å². The Labute approximate surface area is 81.5 Å². The molecule has 0 aliphatic heterocycles. The summed E-state index contributed by atoms with van der Waals surface area (Å²) in [5.41, 5.74) is 7.01. The minimum atomic E-state index is -0.0886. The lowest BCUT2D eigenvalue weighted by molar-refractivity contribution is 0.259. The quantitative estimate of drug-likeness (QED) is 0.680. The predicted molar refractivity (Wildman–Crippen MR) is 57.1 cm³/mol. The van der Waals surface area contributed by atoms with Crippen molar-refractivity contribution in [3.63, 3.8) is 0 Å². The van der Waals surface area contributed by atoms with Crippen LogP contribution >= 0.6 is 0 Å². The molecule has 13 heavy (non-hydrogen) atoms. The van der Waals surface area contributed by atoms with E-state index in [1.807, 2.05) is 20.8 Å². The number of hydrogen-bond donors (Lipinski definition) is 1. The standard InChI is InChI=1S/C11H21NO/c1-7(2)9(5)13-10(6)11(12)8(3)4/h8,11H,6,12H2,1-5H3/t11-/m1/s1. The summed E-state index contributed by atoms with van der Waals surface area (Å²) in [4.78, 5) is 0. The first-order chi connectivity index (χ1) is 5.86. The fraction of sp³-hybridized carbons (Fsp3) is 0.636. The van der Waals surface area contributed by atoms with E-state index >= 15 is 0 Å². The third-order valence-electron chi connectivity index (χ3n) is 2.08. The van der Waals surface area contributed by atoms with Gasteiger partial charge in [-0.05, 0) is 32.3 Å². The van der Waals surface area contributed by atoms with E-state index in [0.29, 0.717) is 11.7 Å². The van der Waals surface area contributed by atoms with Crippen molar-refractivity contribution in [1.29, 1.82) is 0 Å². The van der Waals surface area contributed by atoms with Gasteiger partial charge in [-0.2, -0.15) is 0 Å². The van der Waals surface area contributed by atoms with Gasteiger partial charge in [0.25, 0.3) is 0 Å². The number of hydrogen-bond acceptors (Lipinski definition) is 2. The van der Waals surface area contributed by atoms with Crippen molar-refractivity contribution < 1.29 is 4.74 Å². The summed E-state index contributed by atoms with van der Waals surface area (Å²) < 4.78 is 5.50. The number of ether oxygens (including phenoxy) is 1. The molecule has 0 radical (unpaired) electrons. The molecule has 0 heterocycles. The Bertz CT molecular complexity index is 212. The number of nitrogens with two attached hydrogens (primary N) is 1. The second-order valence-electron chi connectivity index (χ2n) is 3.89. The van der Waals surface area contributed by atoms with Crippen molar-refractivity contribution in [3.05, 3.63) is 23.7 Å². The van der Waals surface area contributed by atoms with Crippen LogP contribution in [0.4, 0.5) is 0 Å². The van der Waals surface area contributed by atoms with Crippen molar-refractivity contribution in [1.82, 2.24) is 0 Å². The smallest absolute Gasteiger partial charge is 0.113 e. The Morgan fingerprint density at radius 3 is 2.00 bits per heavy atom. The van der Waals surface area contributed by atoms with Crippen molar-refractivity contribution in [2.24, 2.45) is 11.7 Å². The number of allylic oxidation sites excluding steroid dienone is 2. The largest absolute Gasteiger partial charge is 0.465 e. The highest BCUT2D eigenvalue weighted by Crippen LogP contribution is 2.14. The monoisotopic (exact) mass is 183 g/mol. The van der Waals surface area contributed by atoms with Gasteiger partial charge >= 0.3 is 0 Å². The summed E-state index contributed by atoms with van der Waals surface area (Å²) in [5.74, 6) is 1.90. The molecule has 0 saturated heterocycles. The minimum Gasteiger partial charge on any atom is -0.465 e. The first-order valence-electron chi connectivity index (χ1n) is 4.62. The van der Waals surface area contributed by atoms with Gasteiger partial charge in [-0.1, -0.05) is 20.4 Å². The zero-order valence-electron chi connectivity index (χ0n) is 9.35. The van der Waals surface area contributed by atoms with Gasteiger partial charge in [0.15, 0.2) is 0 Å². The van der Waals surface area contributed by atoms with Gasteiger partial charge in [-0.25, -0.2) is 0 Å². The number of rotatable bonds is 4. The SMILES string of the molecule is C=C(OC(C)=C(C)C)[C@H](N)C(C)C. The summed E-state index contributed by atoms with van der Waals surface area (Å²) in [6.07, 6.45) is 0. The van der Waals surface area contributed by atoms with E-state index in [1.54, 1.807) is 0 Å². The fourth-order valence-electron chi connectivity index (χ4n) is 0.739. The molecule has 0 bridgehead atoms. The summed E-state index contributed by atoms with van der Waals surface area (Å²) >= 11 is 0. The summed E-state index contributed by atoms with van der Waals surface area (Å²) in [6, 6.07) is -0.0886. The zero-order valence-corrected chi connectivity index (χ0v) is 9.35. The Hall–Kier alpha value is -0.760. The molecular formula is C11H21NO. The third-order valence-corrected chi connectivity index (χ3v) is 2.08. The minimum absolute atomic E-state index is 0.0886. The lowest BCUT2D eigenvalue weighted by atomic mass is 10.0. The summed E-state index contributed by atoms with van der Waals surface area (Å²) in [6.45, 7) is 13.9. The topological polar surface area (TPSA) is 35.2 Å². The second kappa shape index (κ2) is 5.07. The van der Waals surface area contributed by atoms with Gasteiger partial charge in [0.05, 0.1) is 11.8 Å².